The molecule has 2 fully saturated rings. The Kier molecular flexibility index (Phi) is 4.58. The molecule has 1 saturated carbocycles. The molecule has 1 aliphatic carbocycles. The van der Waals surface area contributed by atoms with Crippen LogP contribution in [0, 0.1) is 0 Å². The second kappa shape index (κ2) is 6.66. The van der Waals surface area contributed by atoms with E-state index >= 15 is 0 Å². The second-order valence-electron chi connectivity index (χ2n) is 7.36. The first-order chi connectivity index (χ1) is 12.8. The molecule has 0 bridgehead atoms. The van der Waals surface area contributed by atoms with Crippen molar-refractivity contribution in [1.29, 1.82) is 0 Å². The van der Waals surface area contributed by atoms with Gasteiger partial charge in [-0.05, 0) is 12.8 Å². The van der Waals surface area contributed by atoms with Crippen molar-refractivity contribution >= 4 is 27.0 Å². The number of fused-ring (bicyclic) bond motifs is 1. The van der Waals surface area contributed by atoms with Crippen LogP contribution >= 0.6 is 0 Å². The minimum absolute atomic E-state index is 0.0765. The third-order valence-corrected chi connectivity index (χ3v) is 7.57. The Labute approximate surface area is 156 Å². The molecule has 2 aliphatic rings. The average molecular weight is 399 g/mol. The largest absolute Gasteiger partial charge is 0.384 e. The number of nitrogens with two attached hydrogens (primary N) is 1. The molecule has 1 aliphatic heterocycles. The highest BCUT2D eigenvalue weighted by Gasteiger charge is 2.41. The molecule has 0 atom stereocenters. The molecule has 148 valence electrons. The summed E-state index contributed by atoms with van der Waals surface area (Å²) in [6, 6.07) is 0.0765. The predicted octanol–water partition coefficient (Wildman–Crippen LogP) is 2.94. The van der Waals surface area contributed by atoms with E-state index in [1.807, 2.05) is 0 Å². The Bertz CT molecular complexity index is 944. The number of nitrogen functional groups attached to an aromatic ring is 1. The maximum Gasteiger partial charge on any atom is 0.250 e. The molecule has 7 nitrogen and oxygen atoms in total. The second-order valence-corrected chi connectivity index (χ2v) is 9.24. The van der Waals surface area contributed by atoms with E-state index in [1.165, 1.54) is 12.4 Å². The monoisotopic (exact) mass is 399 g/mol. The number of halogens is 2. The summed E-state index contributed by atoms with van der Waals surface area (Å²) in [6.07, 6.45) is 7.02. The summed E-state index contributed by atoms with van der Waals surface area (Å²) in [5, 5.41) is 0. The number of hydrogen-bond donors (Lipinski definition) is 1. The fourth-order valence-electron chi connectivity index (χ4n) is 4.16. The quantitative estimate of drug-likeness (QED) is 0.856. The molecule has 0 unspecified atom stereocenters. The van der Waals surface area contributed by atoms with Gasteiger partial charge in [0.1, 0.15) is 11.3 Å². The highest BCUT2D eigenvalue weighted by molar-refractivity contribution is 7.89. The van der Waals surface area contributed by atoms with E-state index in [-0.39, 0.29) is 35.4 Å². The molecule has 0 aromatic carbocycles. The van der Waals surface area contributed by atoms with Crippen LogP contribution in [0.4, 0.5) is 14.6 Å². The summed E-state index contributed by atoms with van der Waals surface area (Å²) in [5.74, 6) is -2.71. The van der Waals surface area contributed by atoms with Gasteiger partial charge in [-0.15, -0.1) is 0 Å². The van der Waals surface area contributed by atoms with Crippen molar-refractivity contribution in [2.24, 2.45) is 0 Å². The van der Waals surface area contributed by atoms with Crippen LogP contribution in [-0.2, 0) is 10.0 Å². The van der Waals surface area contributed by atoms with Gasteiger partial charge in [-0.2, -0.15) is 4.31 Å². The zero-order valence-electron chi connectivity index (χ0n) is 14.9. The lowest BCUT2D eigenvalue weighted by Gasteiger charge is -2.31. The van der Waals surface area contributed by atoms with Crippen LogP contribution in [0.25, 0.3) is 11.2 Å². The summed E-state index contributed by atoms with van der Waals surface area (Å²) in [5.41, 5.74) is 6.99. The highest BCUT2D eigenvalue weighted by atomic mass is 32.2. The fraction of sp³-hybridized carbons (Fsp3) is 0.647. The van der Waals surface area contributed by atoms with E-state index in [0.29, 0.717) is 5.65 Å². The van der Waals surface area contributed by atoms with Crippen LogP contribution in [-0.4, -0.2) is 46.3 Å². The van der Waals surface area contributed by atoms with Crippen LogP contribution in [0.2, 0.25) is 0 Å². The summed E-state index contributed by atoms with van der Waals surface area (Å²) in [4.78, 5) is 8.47. The molecular formula is C17H23F2N5O2S. The number of anilines is 1. The number of aromatic nitrogens is 3. The normalized spacial score (nSPS) is 22.3. The molecule has 2 aromatic rings. The Morgan fingerprint density at radius 3 is 2.37 bits per heavy atom. The van der Waals surface area contributed by atoms with Gasteiger partial charge in [0.2, 0.25) is 10.0 Å². The Morgan fingerprint density at radius 1 is 1.07 bits per heavy atom. The van der Waals surface area contributed by atoms with Crippen LogP contribution in [0.5, 0.6) is 0 Å². The van der Waals surface area contributed by atoms with Gasteiger partial charge in [-0.3, -0.25) is 0 Å². The summed E-state index contributed by atoms with van der Waals surface area (Å²) < 4.78 is 56.3. The van der Waals surface area contributed by atoms with Crippen molar-refractivity contribution < 1.29 is 17.2 Å². The smallest absolute Gasteiger partial charge is 0.250 e. The number of sulfonamides is 1. The van der Waals surface area contributed by atoms with E-state index in [0.717, 1.165) is 36.4 Å². The van der Waals surface area contributed by atoms with Crippen molar-refractivity contribution in [3.05, 3.63) is 12.4 Å². The van der Waals surface area contributed by atoms with E-state index in [9.17, 15) is 17.2 Å². The van der Waals surface area contributed by atoms with Gasteiger partial charge in [-0.25, -0.2) is 27.2 Å². The SMILES string of the molecule is Nc1c(S(=O)(=O)N2CCC(F)(F)CC2)c2nccnc2n1C1CCCCC1. The topological polar surface area (TPSA) is 94.1 Å². The number of alkyl halides is 2. The first-order valence-electron chi connectivity index (χ1n) is 9.30. The summed E-state index contributed by atoms with van der Waals surface area (Å²) in [7, 11) is -4.04. The number of rotatable bonds is 3. The predicted molar refractivity (Wildman–Crippen MR) is 97.0 cm³/mol. The van der Waals surface area contributed by atoms with Crippen LogP contribution in [0.1, 0.15) is 51.0 Å². The molecule has 2 N–H and O–H groups in total. The first-order valence-corrected chi connectivity index (χ1v) is 10.7. The molecule has 4 rings (SSSR count). The fourth-order valence-corrected chi connectivity index (χ4v) is 5.83. The zero-order valence-corrected chi connectivity index (χ0v) is 15.8. The van der Waals surface area contributed by atoms with E-state index in [4.69, 9.17) is 5.73 Å². The summed E-state index contributed by atoms with van der Waals surface area (Å²) in [6.45, 7) is -0.462. The Hall–Kier alpha value is -1.81. The van der Waals surface area contributed by atoms with Crippen molar-refractivity contribution in [1.82, 2.24) is 18.8 Å². The van der Waals surface area contributed by atoms with Gasteiger partial charge in [0.25, 0.3) is 5.92 Å². The van der Waals surface area contributed by atoms with Gasteiger partial charge in [-0.1, -0.05) is 19.3 Å². The van der Waals surface area contributed by atoms with E-state index < -0.39 is 28.8 Å². The molecule has 0 radical (unpaired) electrons. The van der Waals surface area contributed by atoms with E-state index in [2.05, 4.69) is 9.97 Å². The lowest BCUT2D eigenvalue weighted by Crippen LogP contribution is -2.42. The number of nitrogens with zero attached hydrogens (tertiary/aromatic N) is 4. The van der Waals surface area contributed by atoms with Crippen molar-refractivity contribution in [2.45, 2.75) is 61.8 Å². The molecule has 1 saturated heterocycles. The molecule has 10 heteroatoms. The Morgan fingerprint density at radius 2 is 1.70 bits per heavy atom. The van der Waals surface area contributed by atoms with Gasteiger partial charge >= 0.3 is 0 Å². The molecule has 0 amide bonds. The minimum atomic E-state index is -4.04. The van der Waals surface area contributed by atoms with Crippen LogP contribution < -0.4 is 5.73 Å². The van der Waals surface area contributed by atoms with Crippen molar-refractivity contribution in [3.8, 4) is 0 Å². The zero-order chi connectivity index (χ0) is 19.2. The van der Waals surface area contributed by atoms with Gasteiger partial charge < -0.3 is 10.3 Å². The standard InChI is InChI=1S/C17H23F2N5O2S/c18-17(19)6-10-23(11-7-17)27(25,26)14-13-16(22-9-8-21-13)24(15(14)20)12-4-2-1-3-5-12/h8-9,12H,1-7,10-11,20H2. The maximum atomic E-state index is 13.5. The molecule has 0 spiro atoms. The van der Waals surface area contributed by atoms with Gasteiger partial charge in [0, 0.05) is 44.4 Å². The Balaban J connectivity index is 1.81. The molecular weight excluding hydrogens is 376 g/mol. The third kappa shape index (κ3) is 3.18. The lowest BCUT2D eigenvalue weighted by atomic mass is 9.95. The lowest BCUT2D eigenvalue weighted by molar-refractivity contribution is -0.0411. The molecule has 27 heavy (non-hydrogen) atoms. The van der Waals surface area contributed by atoms with Crippen molar-refractivity contribution in [2.75, 3.05) is 18.8 Å². The third-order valence-electron chi connectivity index (χ3n) is 5.61. The van der Waals surface area contributed by atoms with Gasteiger partial charge in [0.05, 0.1) is 0 Å². The maximum absolute atomic E-state index is 13.5. The summed E-state index contributed by atoms with van der Waals surface area (Å²) >= 11 is 0. The number of piperidine rings is 1. The first kappa shape index (κ1) is 18.5. The minimum Gasteiger partial charge on any atom is -0.384 e. The molecule has 2 aromatic heterocycles. The highest BCUT2D eigenvalue weighted by Crippen LogP contribution is 2.40. The van der Waals surface area contributed by atoms with Crippen molar-refractivity contribution in [3.63, 3.8) is 0 Å². The average Bonchev–Trinajstić information content (AvgIpc) is 2.94. The van der Waals surface area contributed by atoms with Gasteiger partial charge in [0.15, 0.2) is 10.5 Å². The van der Waals surface area contributed by atoms with Crippen LogP contribution in [0.15, 0.2) is 17.3 Å². The molecule has 3 heterocycles. The van der Waals surface area contributed by atoms with Crippen LogP contribution in [0.3, 0.4) is 0 Å². The number of hydrogen-bond acceptors (Lipinski definition) is 5. The van der Waals surface area contributed by atoms with E-state index in [1.54, 1.807) is 4.57 Å².